The number of rotatable bonds is 1. The molecule has 2 nitrogen and oxygen atoms in total. The van der Waals surface area contributed by atoms with Gasteiger partial charge in [-0.2, -0.15) is 13.2 Å². The van der Waals surface area contributed by atoms with Crippen molar-refractivity contribution in [2.75, 3.05) is 13.2 Å². The number of hydrogen-bond donors (Lipinski definition) is 0. The van der Waals surface area contributed by atoms with Crippen LogP contribution in [-0.2, 0) is 9.47 Å². The smallest absolute Gasteiger partial charge is 0.341 e. The summed E-state index contributed by atoms with van der Waals surface area (Å²) >= 11 is 0. The molecule has 82 valence electrons. The molecule has 1 saturated heterocycles. The van der Waals surface area contributed by atoms with Gasteiger partial charge in [-0.25, -0.2) is 4.39 Å². The average molecular weight is 214 g/mol. The highest BCUT2D eigenvalue weighted by molar-refractivity contribution is 5.01. The zero-order chi connectivity index (χ0) is 10.8. The van der Waals surface area contributed by atoms with Gasteiger partial charge in [0.15, 0.2) is 5.67 Å². The molecule has 0 aromatic rings. The molecular weight excluding hydrogens is 204 g/mol. The minimum atomic E-state index is -4.60. The summed E-state index contributed by atoms with van der Waals surface area (Å²) in [4.78, 5) is 0. The van der Waals surface area contributed by atoms with Gasteiger partial charge in [0.1, 0.15) is 0 Å². The van der Waals surface area contributed by atoms with Gasteiger partial charge in [-0.3, -0.25) is 0 Å². The zero-order valence-electron chi connectivity index (χ0n) is 7.47. The lowest BCUT2D eigenvalue weighted by Gasteiger charge is -2.32. The van der Waals surface area contributed by atoms with E-state index in [2.05, 4.69) is 9.47 Å². The van der Waals surface area contributed by atoms with Crippen LogP contribution in [0.5, 0.6) is 0 Å². The van der Waals surface area contributed by atoms with Gasteiger partial charge in [-0.1, -0.05) is 6.08 Å². The van der Waals surface area contributed by atoms with E-state index in [1.807, 2.05) is 0 Å². The standard InChI is InChI=1S/C8H10F4O2/c1-2-3-7(9)4-13-6(14-5-7)8(10,11)12/h2-3,6H,4-5H2,1H3/b3-2+. The molecular formula is C8H10F4O2. The molecule has 0 spiro atoms. The molecule has 0 aromatic carbocycles. The Hall–Kier alpha value is -0.620. The van der Waals surface area contributed by atoms with Crippen LogP contribution >= 0.6 is 0 Å². The Balaban J connectivity index is 2.54. The summed E-state index contributed by atoms with van der Waals surface area (Å²) in [6.07, 6.45) is -4.38. The molecule has 0 amide bonds. The van der Waals surface area contributed by atoms with Crippen molar-refractivity contribution in [3.8, 4) is 0 Å². The number of ether oxygens (including phenoxy) is 2. The van der Waals surface area contributed by atoms with Crippen molar-refractivity contribution < 1.29 is 27.0 Å². The quantitative estimate of drug-likeness (QED) is 0.492. The first kappa shape index (κ1) is 11.5. The molecule has 0 radical (unpaired) electrons. The van der Waals surface area contributed by atoms with Gasteiger partial charge in [-0.05, 0) is 13.0 Å². The minimum absolute atomic E-state index is 0.637. The van der Waals surface area contributed by atoms with E-state index in [-0.39, 0.29) is 0 Å². The van der Waals surface area contributed by atoms with Gasteiger partial charge in [0.05, 0.1) is 13.2 Å². The first-order chi connectivity index (χ1) is 6.37. The van der Waals surface area contributed by atoms with Crippen LogP contribution in [0.3, 0.4) is 0 Å². The van der Waals surface area contributed by atoms with Crippen molar-refractivity contribution in [2.24, 2.45) is 0 Å². The van der Waals surface area contributed by atoms with Crippen molar-refractivity contribution >= 4 is 0 Å². The molecule has 0 unspecified atom stereocenters. The van der Waals surface area contributed by atoms with E-state index in [0.717, 1.165) is 6.08 Å². The van der Waals surface area contributed by atoms with E-state index in [1.54, 1.807) is 6.92 Å². The third-order valence-corrected chi connectivity index (χ3v) is 1.68. The fraction of sp³-hybridized carbons (Fsp3) is 0.750. The van der Waals surface area contributed by atoms with Crippen LogP contribution in [0, 0.1) is 0 Å². The highest BCUT2D eigenvalue weighted by Gasteiger charge is 2.48. The van der Waals surface area contributed by atoms with Crippen LogP contribution in [0.4, 0.5) is 17.6 Å². The molecule has 0 N–H and O–H groups in total. The maximum atomic E-state index is 13.4. The second kappa shape index (κ2) is 3.86. The number of alkyl halides is 4. The van der Waals surface area contributed by atoms with Crippen molar-refractivity contribution in [1.82, 2.24) is 0 Å². The summed E-state index contributed by atoms with van der Waals surface area (Å²) in [7, 11) is 0. The van der Waals surface area contributed by atoms with Crippen LogP contribution in [0.25, 0.3) is 0 Å². The Morgan fingerprint density at radius 2 is 1.79 bits per heavy atom. The second-order valence-corrected chi connectivity index (χ2v) is 3.03. The van der Waals surface area contributed by atoms with Gasteiger partial charge in [0.2, 0.25) is 0 Å². The van der Waals surface area contributed by atoms with Crippen LogP contribution in [0.15, 0.2) is 12.2 Å². The lowest BCUT2D eigenvalue weighted by molar-refractivity contribution is -0.341. The molecule has 1 heterocycles. The Kier molecular flexibility index (Phi) is 3.16. The molecule has 1 aliphatic rings. The van der Waals surface area contributed by atoms with Gasteiger partial charge in [-0.15, -0.1) is 0 Å². The molecule has 1 rings (SSSR count). The first-order valence-electron chi connectivity index (χ1n) is 4.00. The van der Waals surface area contributed by atoms with E-state index in [9.17, 15) is 17.6 Å². The summed E-state index contributed by atoms with van der Waals surface area (Å²) in [5.74, 6) is 0. The summed E-state index contributed by atoms with van der Waals surface area (Å²) in [6, 6.07) is 0. The minimum Gasteiger partial charge on any atom is -0.341 e. The maximum Gasteiger partial charge on any atom is 0.440 e. The molecule has 14 heavy (non-hydrogen) atoms. The van der Waals surface area contributed by atoms with Gasteiger partial charge in [0, 0.05) is 0 Å². The highest BCUT2D eigenvalue weighted by atomic mass is 19.4. The predicted molar refractivity (Wildman–Crippen MR) is 40.4 cm³/mol. The Bertz CT molecular complexity index is 216. The predicted octanol–water partition coefficient (Wildman–Crippen LogP) is 2.21. The molecule has 0 bridgehead atoms. The number of halogens is 4. The second-order valence-electron chi connectivity index (χ2n) is 3.03. The molecule has 1 aliphatic heterocycles. The van der Waals surface area contributed by atoms with Crippen molar-refractivity contribution in [3.05, 3.63) is 12.2 Å². The van der Waals surface area contributed by atoms with E-state index in [1.165, 1.54) is 6.08 Å². The van der Waals surface area contributed by atoms with Gasteiger partial charge < -0.3 is 9.47 Å². The number of allylic oxidation sites excluding steroid dienone is 1. The first-order valence-corrected chi connectivity index (χ1v) is 4.00. The van der Waals surface area contributed by atoms with Gasteiger partial charge in [0.25, 0.3) is 6.29 Å². The maximum absolute atomic E-state index is 13.4. The summed E-state index contributed by atoms with van der Waals surface area (Å²) in [5.41, 5.74) is -1.95. The largest absolute Gasteiger partial charge is 0.440 e. The third kappa shape index (κ3) is 2.68. The highest BCUT2D eigenvalue weighted by Crippen LogP contribution is 2.30. The summed E-state index contributed by atoms with van der Waals surface area (Å²) in [6.45, 7) is 0.292. The Morgan fingerprint density at radius 3 is 2.14 bits per heavy atom. The Labute approximate surface area is 78.5 Å². The van der Waals surface area contributed by atoms with Crippen LogP contribution in [0.2, 0.25) is 0 Å². The molecule has 1 fully saturated rings. The zero-order valence-corrected chi connectivity index (χ0v) is 7.47. The van der Waals surface area contributed by atoms with E-state index >= 15 is 0 Å². The monoisotopic (exact) mass is 214 g/mol. The third-order valence-electron chi connectivity index (χ3n) is 1.68. The van der Waals surface area contributed by atoms with Crippen molar-refractivity contribution in [3.63, 3.8) is 0 Å². The fourth-order valence-corrected chi connectivity index (χ4v) is 1.10. The average Bonchev–Trinajstić information content (AvgIpc) is 2.03. The van der Waals surface area contributed by atoms with Crippen LogP contribution < -0.4 is 0 Å². The van der Waals surface area contributed by atoms with Crippen molar-refractivity contribution in [1.29, 1.82) is 0 Å². The molecule has 0 aliphatic carbocycles. The van der Waals surface area contributed by atoms with Crippen LogP contribution in [-0.4, -0.2) is 31.3 Å². The topological polar surface area (TPSA) is 18.5 Å². The van der Waals surface area contributed by atoms with Crippen molar-refractivity contribution in [2.45, 2.75) is 25.1 Å². The molecule has 6 heteroatoms. The number of hydrogen-bond acceptors (Lipinski definition) is 2. The van der Waals surface area contributed by atoms with Crippen LogP contribution in [0.1, 0.15) is 6.92 Å². The normalized spacial score (nSPS) is 35.1. The summed E-state index contributed by atoms with van der Waals surface area (Å²) in [5, 5.41) is 0. The Morgan fingerprint density at radius 1 is 1.29 bits per heavy atom. The lowest BCUT2D eigenvalue weighted by Crippen LogP contribution is -2.48. The molecule has 0 atom stereocenters. The summed E-state index contributed by atoms with van der Waals surface area (Å²) < 4.78 is 57.9. The van der Waals surface area contributed by atoms with E-state index in [4.69, 9.17) is 0 Å². The fourth-order valence-electron chi connectivity index (χ4n) is 1.10. The van der Waals surface area contributed by atoms with E-state index in [0.29, 0.717) is 0 Å². The molecule has 0 aromatic heterocycles. The SMILES string of the molecule is C/C=C/C1(F)COC(C(F)(F)F)OC1. The van der Waals surface area contributed by atoms with E-state index < -0.39 is 31.3 Å². The van der Waals surface area contributed by atoms with Gasteiger partial charge >= 0.3 is 6.18 Å². The lowest BCUT2D eigenvalue weighted by atomic mass is 10.1. The molecule has 0 saturated carbocycles.